The molecule has 0 bridgehead atoms. The van der Waals surface area contributed by atoms with Crippen molar-refractivity contribution >= 4 is 44.0 Å². The van der Waals surface area contributed by atoms with Crippen LogP contribution in [0, 0.1) is 0 Å². The second-order valence-corrected chi connectivity index (χ2v) is 9.09. The van der Waals surface area contributed by atoms with E-state index in [4.69, 9.17) is 5.73 Å². The monoisotopic (exact) mass is 335 g/mol. The molecule has 0 amide bonds. The Balaban J connectivity index is 2.29. The number of hydrogen-bond donors (Lipinski definition) is 1. The molecule has 1 fully saturated rings. The Morgan fingerprint density at radius 1 is 1.55 bits per heavy atom. The Morgan fingerprint density at radius 2 is 2.20 bits per heavy atom. The zero-order chi connectivity index (χ0) is 14.9. The highest BCUT2D eigenvalue weighted by atomic mass is 32.2. The first-order valence-corrected chi connectivity index (χ1v) is 10.3. The van der Waals surface area contributed by atoms with Crippen molar-refractivity contribution < 1.29 is 8.42 Å². The normalized spacial score (nSPS) is 17.1. The van der Waals surface area contributed by atoms with Crippen LogP contribution in [-0.4, -0.2) is 43.1 Å². The average Bonchev–Trinajstić information content (AvgIpc) is 3.18. The summed E-state index contributed by atoms with van der Waals surface area (Å²) in [6.45, 7) is 2.10. The molecule has 1 unspecified atom stereocenters. The zero-order valence-corrected chi connectivity index (χ0v) is 14.4. The van der Waals surface area contributed by atoms with Gasteiger partial charge in [0.25, 0.3) is 0 Å². The summed E-state index contributed by atoms with van der Waals surface area (Å²) < 4.78 is 29.1. The van der Waals surface area contributed by atoms with Gasteiger partial charge in [0.2, 0.25) is 0 Å². The molecule has 1 aliphatic rings. The van der Waals surface area contributed by atoms with E-state index in [0.717, 1.165) is 25.0 Å². The summed E-state index contributed by atoms with van der Waals surface area (Å²) in [5.41, 5.74) is 5.82. The van der Waals surface area contributed by atoms with Gasteiger partial charge in [-0.2, -0.15) is 16.1 Å². The van der Waals surface area contributed by atoms with Gasteiger partial charge in [0.05, 0.1) is 5.25 Å². The van der Waals surface area contributed by atoms with E-state index < -0.39 is 9.84 Å². The number of nitrogens with two attached hydrogens (primary N) is 1. The van der Waals surface area contributed by atoms with Crippen molar-refractivity contribution in [3.63, 3.8) is 0 Å². The third-order valence-electron chi connectivity index (χ3n) is 3.63. The molecule has 5 nitrogen and oxygen atoms in total. The molecule has 2 rings (SSSR count). The molecule has 1 atom stereocenters. The number of thioether (sulfide) groups is 1. The summed E-state index contributed by atoms with van der Waals surface area (Å²) in [5, 5.41) is 0.429. The largest absolute Gasteiger partial charge is 0.382 e. The highest BCUT2D eigenvalue weighted by Crippen LogP contribution is 2.42. The van der Waals surface area contributed by atoms with E-state index >= 15 is 0 Å². The van der Waals surface area contributed by atoms with Crippen LogP contribution in [-0.2, 0) is 9.84 Å². The fourth-order valence-corrected chi connectivity index (χ4v) is 5.69. The molecular weight excluding hydrogens is 314 g/mol. The first-order valence-electron chi connectivity index (χ1n) is 6.60. The van der Waals surface area contributed by atoms with Gasteiger partial charge in [0.15, 0.2) is 15.7 Å². The lowest BCUT2D eigenvalue weighted by Crippen LogP contribution is -2.30. The minimum atomic E-state index is -3.31. The van der Waals surface area contributed by atoms with Gasteiger partial charge in [-0.05, 0) is 49.7 Å². The predicted octanol–water partition coefficient (Wildman–Crippen LogP) is 2.24. The van der Waals surface area contributed by atoms with Crippen molar-refractivity contribution in [2.45, 2.75) is 42.4 Å². The van der Waals surface area contributed by atoms with E-state index in [1.54, 1.807) is 11.8 Å². The van der Waals surface area contributed by atoms with E-state index in [2.05, 4.69) is 17.6 Å². The summed E-state index contributed by atoms with van der Waals surface area (Å²) in [4.78, 5) is 2.25. The number of nitrogen functional groups attached to an aromatic ring is 1. The average molecular weight is 336 g/mol. The smallest absolute Gasteiger partial charge is 0.187 e. The van der Waals surface area contributed by atoms with Crippen LogP contribution >= 0.6 is 23.3 Å². The molecule has 0 radical (unpaired) electrons. The van der Waals surface area contributed by atoms with Crippen molar-refractivity contribution in [2.24, 2.45) is 0 Å². The van der Waals surface area contributed by atoms with Crippen LogP contribution in [0.25, 0.3) is 0 Å². The lowest BCUT2D eigenvalue weighted by molar-refractivity contribution is 0.594. The van der Waals surface area contributed by atoms with Crippen molar-refractivity contribution in [1.29, 1.82) is 0 Å². The minimum Gasteiger partial charge on any atom is -0.382 e. The summed E-state index contributed by atoms with van der Waals surface area (Å²) >= 11 is 2.97. The Kier molecular flexibility index (Phi) is 4.86. The van der Waals surface area contributed by atoms with Crippen molar-refractivity contribution in [3.8, 4) is 0 Å². The SMILES string of the molecule is CSCCC(C)N(C)c1snc(N)c1S(=O)(=O)C1CC1. The highest BCUT2D eigenvalue weighted by Gasteiger charge is 2.41. The number of rotatable bonds is 7. The number of nitrogens with zero attached hydrogens (tertiary/aromatic N) is 2. The minimum absolute atomic E-state index is 0.154. The Labute approximate surface area is 129 Å². The lowest BCUT2D eigenvalue weighted by Gasteiger charge is -2.26. The van der Waals surface area contributed by atoms with Crippen molar-refractivity contribution in [2.75, 3.05) is 29.7 Å². The first-order chi connectivity index (χ1) is 9.39. The fraction of sp³-hybridized carbons (Fsp3) is 0.750. The summed E-state index contributed by atoms with van der Waals surface area (Å²) in [5.74, 6) is 1.20. The van der Waals surface area contributed by atoms with Crippen LogP contribution < -0.4 is 10.6 Å². The van der Waals surface area contributed by atoms with Crippen LogP contribution in [0.5, 0.6) is 0 Å². The summed E-state index contributed by atoms with van der Waals surface area (Å²) in [6, 6.07) is 0.260. The fourth-order valence-electron chi connectivity index (χ4n) is 2.00. The molecule has 2 N–H and O–H groups in total. The van der Waals surface area contributed by atoms with Crippen LogP contribution in [0.3, 0.4) is 0 Å². The van der Waals surface area contributed by atoms with E-state index in [0.29, 0.717) is 5.00 Å². The molecule has 1 heterocycles. The first kappa shape index (κ1) is 15.9. The van der Waals surface area contributed by atoms with Crippen molar-refractivity contribution in [3.05, 3.63) is 0 Å². The molecule has 1 aliphatic carbocycles. The molecule has 0 aliphatic heterocycles. The second kappa shape index (κ2) is 6.11. The third kappa shape index (κ3) is 3.07. The third-order valence-corrected chi connectivity index (χ3v) is 7.67. The molecule has 1 aromatic heterocycles. The molecule has 1 aromatic rings. The van der Waals surface area contributed by atoms with Gasteiger partial charge in [0, 0.05) is 13.1 Å². The predicted molar refractivity (Wildman–Crippen MR) is 87.6 cm³/mol. The Bertz CT molecular complexity index is 567. The van der Waals surface area contributed by atoms with E-state index in [1.165, 1.54) is 11.5 Å². The van der Waals surface area contributed by atoms with Crippen LogP contribution in [0.1, 0.15) is 26.2 Å². The molecule has 8 heteroatoms. The quantitative estimate of drug-likeness (QED) is 0.823. The maximum absolute atomic E-state index is 12.5. The van der Waals surface area contributed by atoms with Crippen LogP contribution in [0.15, 0.2) is 4.90 Å². The Morgan fingerprint density at radius 3 is 2.75 bits per heavy atom. The van der Waals surface area contributed by atoms with Crippen LogP contribution in [0.4, 0.5) is 10.8 Å². The van der Waals surface area contributed by atoms with E-state index in [1.807, 2.05) is 11.9 Å². The summed E-state index contributed by atoms with van der Waals surface area (Å²) in [6.07, 6.45) is 4.55. The van der Waals surface area contributed by atoms with Gasteiger partial charge in [-0.3, -0.25) is 0 Å². The standard InChI is InChI=1S/C12H21N3O2S3/c1-8(6-7-18-3)15(2)12-10(11(13)14-19-12)20(16,17)9-4-5-9/h8-9H,4-7H2,1-3H3,(H2,13,14). The highest BCUT2D eigenvalue weighted by molar-refractivity contribution is 7.98. The number of aromatic nitrogens is 1. The Hall–Kier alpha value is -0.470. The zero-order valence-electron chi connectivity index (χ0n) is 12.0. The number of hydrogen-bond acceptors (Lipinski definition) is 7. The van der Waals surface area contributed by atoms with E-state index in [9.17, 15) is 8.42 Å². The molecule has 114 valence electrons. The van der Waals surface area contributed by atoms with Gasteiger partial charge in [-0.15, -0.1) is 0 Å². The van der Waals surface area contributed by atoms with E-state index in [-0.39, 0.29) is 22.0 Å². The number of anilines is 2. The van der Waals surface area contributed by atoms with Gasteiger partial charge >= 0.3 is 0 Å². The molecule has 0 aromatic carbocycles. The molecule has 1 saturated carbocycles. The second-order valence-electron chi connectivity index (χ2n) is 5.19. The van der Waals surface area contributed by atoms with Gasteiger partial charge in [-0.1, -0.05) is 0 Å². The van der Waals surface area contributed by atoms with Gasteiger partial charge < -0.3 is 10.6 Å². The van der Waals surface area contributed by atoms with Gasteiger partial charge in [-0.25, -0.2) is 8.42 Å². The molecule has 20 heavy (non-hydrogen) atoms. The number of sulfone groups is 1. The maximum Gasteiger partial charge on any atom is 0.187 e. The lowest BCUT2D eigenvalue weighted by atomic mass is 10.2. The molecular formula is C12H21N3O2S3. The molecule has 0 saturated heterocycles. The topological polar surface area (TPSA) is 76.3 Å². The maximum atomic E-state index is 12.5. The summed E-state index contributed by atoms with van der Waals surface area (Å²) in [7, 11) is -1.39. The van der Waals surface area contributed by atoms with Crippen molar-refractivity contribution in [1.82, 2.24) is 4.37 Å². The van der Waals surface area contributed by atoms with Crippen LogP contribution in [0.2, 0.25) is 0 Å². The van der Waals surface area contributed by atoms with Gasteiger partial charge in [0.1, 0.15) is 9.90 Å². The molecule has 0 spiro atoms.